The number of piperazine rings is 1. The van der Waals surface area contributed by atoms with Crippen LogP contribution in [0.5, 0.6) is 11.5 Å². The molecule has 0 unspecified atom stereocenters. The van der Waals surface area contributed by atoms with Gasteiger partial charge in [0.25, 0.3) is 0 Å². The van der Waals surface area contributed by atoms with Crippen LogP contribution in [-0.4, -0.2) is 49.1 Å². The van der Waals surface area contributed by atoms with Crippen LogP contribution < -0.4 is 5.32 Å². The first-order valence-corrected chi connectivity index (χ1v) is 6.68. The van der Waals surface area contributed by atoms with E-state index >= 15 is 0 Å². The molecule has 0 spiro atoms. The lowest BCUT2D eigenvalue weighted by molar-refractivity contribution is 0.359. The molecular formula is C10H14N2O4S. The molecule has 0 atom stereocenters. The first kappa shape index (κ1) is 12.2. The molecular weight excluding hydrogens is 244 g/mol. The zero-order chi connectivity index (χ0) is 12.5. The van der Waals surface area contributed by atoms with Crippen LogP contribution in [0.1, 0.15) is 0 Å². The van der Waals surface area contributed by atoms with Crippen molar-refractivity contribution < 1.29 is 18.6 Å². The van der Waals surface area contributed by atoms with Gasteiger partial charge >= 0.3 is 0 Å². The summed E-state index contributed by atoms with van der Waals surface area (Å²) in [5.41, 5.74) is 0. The van der Waals surface area contributed by atoms with Gasteiger partial charge in [0.2, 0.25) is 10.0 Å². The largest absolute Gasteiger partial charge is 0.504 e. The normalized spacial score (nSPS) is 18.1. The quantitative estimate of drug-likeness (QED) is 0.633. The summed E-state index contributed by atoms with van der Waals surface area (Å²) in [7, 11) is -3.58. The van der Waals surface area contributed by atoms with Gasteiger partial charge in [-0.15, -0.1) is 0 Å². The molecule has 17 heavy (non-hydrogen) atoms. The number of benzene rings is 1. The molecule has 1 saturated heterocycles. The first-order valence-electron chi connectivity index (χ1n) is 5.24. The number of hydrogen-bond donors (Lipinski definition) is 3. The summed E-state index contributed by atoms with van der Waals surface area (Å²) >= 11 is 0. The molecule has 1 aromatic carbocycles. The number of phenolic OH excluding ortho intramolecular Hbond substituents is 2. The Morgan fingerprint density at radius 1 is 1.12 bits per heavy atom. The van der Waals surface area contributed by atoms with Gasteiger partial charge in [0.05, 0.1) is 4.90 Å². The van der Waals surface area contributed by atoms with Crippen molar-refractivity contribution >= 4 is 10.0 Å². The van der Waals surface area contributed by atoms with Gasteiger partial charge < -0.3 is 15.5 Å². The average Bonchev–Trinajstić information content (AvgIpc) is 2.33. The van der Waals surface area contributed by atoms with Crippen molar-refractivity contribution in [1.29, 1.82) is 0 Å². The molecule has 0 saturated carbocycles. The molecule has 1 aliphatic heterocycles. The number of hydrogen-bond acceptors (Lipinski definition) is 5. The zero-order valence-corrected chi connectivity index (χ0v) is 9.94. The molecule has 0 aromatic heterocycles. The van der Waals surface area contributed by atoms with Crippen molar-refractivity contribution in [3.63, 3.8) is 0 Å². The van der Waals surface area contributed by atoms with E-state index in [1.165, 1.54) is 16.4 Å². The number of sulfonamides is 1. The average molecular weight is 258 g/mol. The molecule has 7 heteroatoms. The second kappa shape index (κ2) is 4.52. The fourth-order valence-electron chi connectivity index (χ4n) is 1.70. The van der Waals surface area contributed by atoms with Gasteiger partial charge in [-0.2, -0.15) is 4.31 Å². The Labute approximate surface area is 99.5 Å². The molecule has 3 N–H and O–H groups in total. The van der Waals surface area contributed by atoms with Crippen LogP contribution in [0.15, 0.2) is 23.1 Å². The van der Waals surface area contributed by atoms with Gasteiger partial charge in [-0.3, -0.25) is 0 Å². The number of rotatable bonds is 2. The lowest BCUT2D eigenvalue weighted by Gasteiger charge is -2.26. The number of phenols is 2. The van der Waals surface area contributed by atoms with Crippen LogP contribution in [-0.2, 0) is 10.0 Å². The van der Waals surface area contributed by atoms with Crippen molar-refractivity contribution in [3.05, 3.63) is 18.2 Å². The summed E-state index contributed by atoms with van der Waals surface area (Å²) in [5, 5.41) is 21.5. The van der Waals surface area contributed by atoms with Gasteiger partial charge in [-0.1, -0.05) is 0 Å². The second-order valence-corrected chi connectivity index (χ2v) is 5.74. The van der Waals surface area contributed by atoms with E-state index in [0.29, 0.717) is 26.2 Å². The lowest BCUT2D eigenvalue weighted by atomic mass is 10.3. The second-order valence-electron chi connectivity index (χ2n) is 3.80. The first-order chi connectivity index (χ1) is 8.01. The van der Waals surface area contributed by atoms with E-state index in [4.69, 9.17) is 5.11 Å². The summed E-state index contributed by atoms with van der Waals surface area (Å²) in [6.45, 7) is 2.04. The summed E-state index contributed by atoms with van der Waals surface area (Å²) in [5.74, 6) is -0.759. The minimum atomic E-state index is -3.58. The lowest BCUT2D eigenvalue weighted by Crippen LogP contribution is -2.46. The molecule has 1 aliphatic rings. The van der Waals surface area contributed by atoms with Gasteiger partial charge in [0, 0.05) is 32.2 Å². The van der Waals surface area contributed by atoms with E-state index in [1.54, 1.807) is 0 Å². The highest BCUT2D eigenvalue weighted by molar-refractivity contribution is 7.89. The predicted octanol–water partition coefficient (Wildman–Crippen LogP) is -0.308. The van der Waals surface area contributed by atoms with E-state index in [1.807, 2.05) is 0 Å². The summed E-state index contributed by atoms with van der Waals surface area (Å²) in [6.07, 6.45) is 0. The summed E-state index contributed by atoms with van der Waals surface area (Å²) in [4.78, 5) is -0.00491. The van der Waals surface area contributed by atoms with Gasteiger partial charge in [0.1, 0.15) is 0 Å². The van der Waals surface area contributed by atoms with Crippen molar-refractivity contribution in [3.8, 4) is 11.5 Å². The van der Waals surface area contributed by atoms with E-state index in [2.05, 4.69) is 5.32 Å². The van der Waals surface area contributed by atoms with Crippen molar-refractivity contribution in [2.24, 2.45) is 0 Å². The maximum absolute atomic E-state index is 12.2. The Hall–Kier alpha value is -1.31. The maximum Gasteiger partial charge on any atom is 0.243 e. The number of aromatic hydroxyl groups is 2. The number of nitrogens with zero attached hydrogens (tertiary/aromatic N) is 1. The third-order valence-corrected chi connectivity index (χ3v) is 4.56. The Morgan fingerprint density at radius 2 is 1.76 bits per heavy atom. The molecule has 2 rings (SSSR count). The van der Waals surface area contributed by atoms with E-state index in [0.717, 1.165) is 6.07 Å². The topological polar surface area (TPSA) is 89.9 Å². The Kier molecular flexibility index (Phi) is 3.23. The third-order valence-electron chi connectivity index (χ3n) is 2.66. The van der Waals surface area contributed by atoms with Gasteiger partial charge in [-0.05, 0) is 12.1 Å². The molecule has 1 heterocycles. The molecule has 94 valence electrons. The molecule has 0 radical (unpaired) electrons. The number of nitrogens with one attached hydrogen (secondary N) is 1. The van der Waals surface area contributed by atoms with E-state index < -0.39 is 15.8 Å². The third kappa shape index (κ3) is 2.36. The fraction of sp³-hybridized carbons (Fsp3) is 0.400. The molecule has 0 aliphatic carbocycles. The smallest absolute Gasteiger partial charge is 0.243 e. The highest BCUT2D eigenvalue weighted by Gasteiger charge is 2.26. The van der Waals surface area contributed by atoms with Crippen LogP contribution >= 0.6 is 0 Å². The molecule has 6 nitrogen and oxygen atoms in total. The van der Waals surface area contributed by atoms with Crippen LogP contribution in [0.4, 0.5) is 0 Å². The fourth-order valence-corrected chi connectivity index (χ4v) is 3.16. The molecule has 1 fully saturated rings. The Balaban J connectivity index is 2.33. The van der Waals surface area contributed by atoms with Gasteiger partial charge in [0.15, 0.2) is 11.5 Å². The minimum absolute atomic E-state index is 0.00491. The van der Waals surface area contributed by atoms with Crippen LogP contribution in [0.25, 0.3) is 0 Å². The van der Waals surface area contributed by atoms with E-state index in [-0.39, 0.29) is 10.6 Å². The monoisotopic (exact) mass is 258 g/mol. The van der Waals surface area contributed by atoms with Crippen molar-refractivity contribution in [2.75, 3.05) is 26.2 Å². The van der Waals surface area contributed by atoms with Gasteiger partial charge in [-0.25, -0.2) is 8.42 Å². The predicted molar refractivity (Wildman–Crippen MR) is 61.4 cm³/mol. The molecule has 1 aromatic rings. The highest BCUT2D eigenvalue weighted by Crippen LogP contribution is 2.28. The Morgan fingerprint density at radius 3 is 2.35 bits per heavy atom. The summed E-state index contributed by atoms with van der Waals surface area (Å²) < 4.78 is 25.7. The van der Waals surface area contributed by atoms with E-state index in [9.17, 15) is 13.5 Å². The van der Waals surface area contributed by atoms with Crippen LogP contribution in [0.2, 0.25) is 0 Å². The maximum atomic E-state index is 12.2. The molecule has 0 amide bonds. The zero-order valence-electron chi connectivity index (χ0n) is 9.13. The minimum Gasteiger partial charge on any atom is -0.504 e. The highest BCUT2D eigenvalue weighted by atomic mass is 32.2. The summed E-state index contributed by atoms with van der Waals surface area (Å²) in [6, 6.07) is 3.52. The van der Waals surface area contributed by atoms with Crippen molar-refractivity contribution in [2.45, 2.75) is 4.90 Å². The Bertz CT molecular complexity index is 509. The van der Waals surface area contributed by atoms with Crippen LogP contribution in [0.3, 0.4) is 0 Å². The molecule has 0 bridgehead atoms. The standard InChI is InChI=1S/C10H14N2O4S/c13-9-2-1-8(7-10(9)14)17(15,16)12-5-3-11-4-6-12/h1-2,7,11,13-14H,3-6H2. The SMILES string of the molecule is O=S(=O)(c1ccc(O)c(O)c1)N1CCNCC1. The van der Waals surface area contributed by atoms with Crippen molar-refractivity contribution in [1.82, 2.24) is 9.62 Å². The van der Waals surface area contributed by atoms with Crippen LogP contribution in [0, 0.1) is 0 Å².